The van der Waals surface area contributed by atoms with Gasteiger partial charge in [-0.15, -0.1) is 0 Å². The molecule has 0 unspecified atom stereocenters. The van der Waals surface area contributed by atoms with E-state index in [2.05, 4.69) is 4.74 Å². The van der Waals surface area contributed by atoms with E-state index in [0.29, 0.717) is 0 Å². The number of methoxy groups -OCH3 is 1. The van der Waals surface area contributed by atoms with E-state index in [1.165, 1.54) is 0 Å². The fraction of sp³-hybridized carbons (Fsp3) is 0.455. The Morgan fingerprint density at radius 1 is 0.714 bits per heavy atom. The van der Waals surface area contributed by atoms with E-state index in [9.17, 15) is 39.5 Å². The summed E-state index contributed by atoms with van der Waals surface area (Å²) in [6, 6.07) is 2.01. The molecule has 0 aliphatic rings. The van der Waals surface area contributed by atoms with Crippen LogP contribution in [-0.4, -0.2) is 25.1 Å². The highest BCUT2D eigenvalue weighted by Gasteiger charge is 2.81. The smallest absolute Gasteiger partial charge is 0.460 e. The van der Waals surface area contributed by atoms with Crippen molar-refractivity contribution in [3.8, 4) is 5.75 Å². The minimum atomic E-state index is -6.90. The van der Waals surface area contributed by atoms with Crippen LogP contribution >= 0.6 is 0 Å². The van der Waals surface area contributed by atoms with E-state index in [1.807, 2.05) is 0 Å². The van der Waals surface area contributed by atoms with Gasteiger partial charge in [-0.05, 0) is 24.3 Å². The van der Waals surface area contributed by atoms with Gasteiger partial charge >= 0.3 is 23.9 Å². The summed E-state index contributed by atoms with van der Waals surface area (Å²) in [5, 5.41) is 0. The average Bonchev–Trinajstić information content (AvgIpc) is 2.37. The summed E-state index contributed by atoms with van der Waals surface area (Å²) in [5.74, 6) is -19.4. The number of halogens is 9. The van der Waals surface area contributed by atoms with E-state index < -0.39 is 29.5 Å². The summed E-state index contributed by atoms with van der Waals surface area (Å²) < 4.78 is 119. The highest BCUT2D eigenvalue weighted by Crippen LogP contribution is 2.56. The minimum Gasteiger partial charge on any atom is -0.497 e. The molecule has 0 saturated carbocycles. The Balaban J connectivity index is 3.32. The first-order chi connectivity index (χ1) is 9.29. The molecule has 0 spiro atoms. The first-order valence-corrected chi connectivity index (χ1v) is 5.13. The SMILES string of the molecule is COc1ccc(C(F)(F)C(F)(F)C(F)(F)C(F)(F)F)cc1. The third-order valence-corrected chi connectivity index (χ3v) is 2.60. The van der Waals surface area contributed by atoms with Crippen molar-refractivity contribution in [2.24, 2.45) is 0 Å². The summed E-state index contributed by atoms with van der Waals surface area (Å²) in [4.78, 5) is 0. The molecule has 1 rings (SSSR count). The molecule has 0 saturated heterocycles. The summed E-state index contributed by atoms with van der Waals surface area (Å²) in [6.07, 6.45) is -6.83. The Labute approximate surface area is 112 Å². The summed E-state index contributed by atoms with van der Waals surface area (Å²) >= 11 is 0. The second kappa shape index (κ2) is 4.99. The summed E-state index contributed by atoms with van der Waals surface area (Å²) in [5.41, 5.74) is -1.70. The molecule has 21 heavy (non-hydrogen) atoms. The predicted molar refractivity (Wildman–Crippen MR) is 52.8 cm³/mol. The number of benzene rings is 1. The van der Waals surface area contributed by atoms with Crippen LogP contribution in [0.5, 0.6) is 5.75 Å². The Morgan fingerprint density at radius 2 is 1.14 bits per heavy atom. The zero-order valence-electron chi connectivity index (χ0n) is 10.1. The van der Waals surface area contributed by atoms with E-state index in [-0.39, 0.29) is 17.9 Å². The van der Waals surface area contributed by atoms with Gasteiger partial charge in [-0.2, -0.15) is 39.5 Å². The van der Waals surface area contributed by atoms with Crippen molar-refractivity contribution in [3.63, 3.8) is 0 Å². The van der Waals surface area contributed by atoms with Gasteiger partial charge in [-0.1, -0.05) is 0 Å². The third-order valence-electron chi connectivity index (χ3n) is 2.60. The van der Waals surface area contributed by atoms with Gasteiger partial charge in [0, 0.05) is 5.56 Å². The predicted octanol–water partition coefficient (Wildman–Crippen LogP) is 4.62. The van der Waals surface area contributed by atoms with Crippen molar-refractivity contribution in [1.82, 2.24) is 0 Å². The lowest BCUT2D eigenvalue weighted by atomic mass is 9.97. The van der Waals surface area contributed by atoms with Crippen LogP contribution in [0, 0.1) is 0 Å². The van der Waals surface area contributed by atoms with Crippen molar-refractivity contribution in [1.29, 1.82) is 0 Å². The molecule has 0 aliphatic heterocycles. The van der Waals surface area contributed by atoms with E-state index in [1.54, 1.807) is 0 Å². The van der Waals surface area contributed by atoms with Gasteiger partial charge in [0.15, 0.2) is 0 Å². The summed E-state index contributed by atoms with van der Waals surface area (Å²) in [7, 11) is 1.11. The van der Waals surface area contributed by atoms with Gasteiger partial charge in [0.2, 0.25) is 0 Å². The number of rotatable bonds is 4. The molecule has 0 atom stereocenters. The van der Waals surface area contributed by atoms with Gasteiger partial charge in [-0.25, -0.2) is 0 Å². The fourth-order valence-corrected chi connectivity index (χ4v) is 1.36. The molecule has 1 aromatic carbocycles. The van der Waals surface area contributed by atoms with Gasteiger partial charge in [0.05, 0.1) is 7.11 Å². The van der Waals surface area contributed by atoms with E-state index in [4.69, 9.17) is 0 Å². The first-order valence-electron chi connectivity index (χ1n) is 5.13. The Morgan fingerprint density at radius 3 is 1.48 bits per heavy atom. The number of hydrogen-bond donors (Lipinski definition) is 0. The number of alkyl halides is 9. The molecule has 0 heterocycles. The van der Waals surface area contributed by atoms with Crippen molar-refractivity contribution in [2.45, 2.75) is 23.9 Å². The molecule has 10 heteroatoms. The molecular weight excluding hydrogens is 319 g/mol. The van der Waals surface area contributed by atoms with Gasteiger partial charge in [0.25, 0.3) is 0 Å². The molecule has 0 aliphatic carbocycles. The largest absolute Gasteiger partial charge is 0.497 e. The second-order valence-corrected chi connectivity index (χ2v) is 3.95. The maximum atomic E-state index is 13.4. The van der Waals surface area contributed by atoms with Gasteiger partial charge < -0.3 is 4.74 Å². The van der Waals surface area contributed by atoms with Crippen LogP contribution in [0.4, 0.5) is 39.5 Å². The van der Waals surface area contributed by atoms with Crippen molar-refractivity contribution >= 4 is 0 Å². The van der Waals surface area contributed by atoms with Crippen LogP contribution in [0.25, 0.3) is 0 Å². The lowest BCUT2D eigenvalue weighted by molar-refractivity contribution is -0.399. The van der Waals surface area contributed by atoms with E-state index >= 15 is 0 Å². The molecule has 1 nitrogen and oxygen atoms in total. The first kappa shape index (κ1) is 17.4. The molecular formula is C11H7F9O. The normalized spacial score (nSPS) is 14.2. The maximum absolute atomic E-state index is 13.4. The molecule has 0 amide bonds. The Bertz CT molecular complexity index is 489. The fourth-order valence-electron chi connectivity index (χ4n) is 1.36. The number of ether oxygens (including phenoxy) is 1. The zero-order chi connectivity index (χ0) is 16.7. The van der Waals surface area contributed by atoms with E-state index in [0.717, 1.165) is 19.2 Å². The van der Waals surface area contributed by atoms with Gasteiger partial charge in [0.1, 0.15) is 5.75 Å². The lowest BCUT2D eigenvalue weighted by Gasteiger charge is -2.33. The summed E-state index contributed by atoms with van der Waals surface area (Å²) in [6.45, 7) is 0. The van der Waals surface area contributed by atoms with Crippen LogP contribution < -0.4 is 4.74 Å². The molecule has 1 aromatic rings. The van der Waals surface area contributed by atoms with Crippen molar-refractivity contribution < 1.29 is 44.3 Å². The zero-order valence-corrected chi connectivity index (χ0v) is 10.1. The van der Waals surface area contributed by atoms with Gasteiger partial charge in [-0.3, -0.25) is 0 Å². The lowest BCUT2D eigenvalue weighted by Crippen LogP contribution is -2.59. The quantitative estimate of drug-likeness (QED) is 0.734. The van der Waals surface area contributed by atoms with Crippen molar-refractivity contribution in [2.75, 3.05) is 7.11 Å². The molecule has 0 radical (unpaired) electrons. The molecule has 0 bridgehead atoms. The highest BCUT2D eigenvalue weighted by molar-refractivity contribution is 5.31. The second-order valence-electron chi connectivity index (χ2n) is 3.95. The molecule has 0 N–H and O–H groups in total. The van der Waals surface area contributed by atoms with Crippen LogP contribution in [0.1, 0.15) is 5.56 Å². The minimum absolute atomic E-state index is 0.0690. The third kappa shape index (κ3) is 2.62. The average molecular weight is 326 g/mol. The maximum Gasteiger partial charge on any atom is 0.460 e. The topological polar surface area (TPSA) is 9.23 Å². The monoisotopic (exact) mass is 326 g/mol. The molecule has 120 valence electrons. The highest BCUT2D eigenvalue weighted by atomic mass is 19.4. The van der Waals surface area contributed by atoms with Crippen LogP contribution in [0.3, 0.4) is 0 Å². The van der Waals surface area contributed by atoms with Crippen LogP contribution in [-0.2, 0) is 5.92 Å². The molecule has 0 aromatic heterocycles. The Kier molecular flexibility index (Phi) is 4.14. The molecule has 0 fully saturated rings. The number of hydrogen-bond acceptors (Lipinski definition) is 1. The van der Waals surface area contributed by atoms with Crippen LogP contribution in [0.15, 0.2) is 24.3 Å². The standard InChI is InChI=1S/C11H7F9O/c1-21-7-4-2-6(3-5-7)8(12,13)9(14,15)10(16,17)11(18,19)20/h2-5H,1H3. The van der Waals surface area contributed by atoms with Crippen molar-refractivity contribution in [3.05, 3.63) is 29.8 Å². The van der Waals surface area contributed by atoms with Crippen LogP contribution in [0.2, 0.25) is 0 Å². The Hall–Kier alpha value is -1.61.